The number of nitrogens with zero attached hydrogens (tertiary/aromatic N) is 2. The number of anilines is 2. The first kappa shape index (κ1) is 20.9. The lowest BCUT2D eigenvalue weighted by molar-refractivity contribution is -0.121. The summed E-state index contributed by atoms with van der Waals surface area (Å²) in [5.41, 5.74) is 4.86. The van der Waals surface area contributed by atoms with E-state index in [-0.39, 0.29) is 11.9 Å². The Morgan fingerprint density at radius 3 is 2.29 bits per heavy atom. The van der Waals surface area contributed by atoms with Crippen molar-refractivity contribution < 1.29 is 9.90 Å². The molecule has 1 amide bonds. The normalized spacial score (nSPS) is 15.5. The molecule has 31 heavy (non-hydrogen) atoms. The summed E-state index contributed by atoms with van der Waals surface area (Å²) >= 11 is 0. The van der Waals surface area contributed by atoms with Gasteiger partial charge in [0.05, 0.1) is 5.69 Å². The summed E-state index contributed by atoms with van der Waals surface area (Å²) in [6.45, 7) is 7.00. The number of amides is 1. The number of phenols is 1. The molecule has 0 aliphatic carbocycles. The lowest BCUT2D eigenvalue weighted by Crippen LogP contribution is -2.50. The van der Waals surface area contributed by atoms with Crippen LogP contribution in [-0.2, 0) is 4.79 Å². The second-order valence-corrected chi connectivity index (χ2v) is 8.13. The maximum absolute atomic E-state index is 13.5. The van der Waals surface area contributed by atoms with Crippen LogP contribution in [-0.4, -0.2) is 42.1 Å². The topological polar surface area (TPSA) is 55.8 Å². The van der Waals surface area contributed by atoms with Crippen LogP contribution in [0.3, 0.4) is 0 Å². The minimum atomic E-state index is -0.368. The molecule has 0 spiro atoms. The van der Waals surface area contributed by atoms with Gasteiger partial charge in [0.15, 0.2) is 0 Å². The molecule has 0 saturated carbocycles. The fourth-order valence-electron chi connectivity index (χ4n) is 4.19. The number of carbonyl (C=O) groups is 1. The average Bonchev–Trinajstić information content (AvgIpc) is 2.78. The molecule has 1 saturated heterocycles. The van der Waals surface area contributed by atoms with Gasteiger partial charge in [-0.1, -0.05) is 54.6 Å². The van der Waals surface area contributed by atoms with E-state index in [4.69, 9.17) is 0 Å². The highest BCUT2D eigenvalue weighted by atomic mass is 16.3. The largest absolute Gasteiger partial charge is 0.506 e. The van der Waals surface area contributed by atoms with Gasteiger partial charge in [-0.05, 0) is 48.7 Å². The molecule has 2 N–H and O–H groups in total. The lowest BCUT2D eigenvalue weighted by atomic mass is 10.0. The van der Waals surface area contributed by atoms with Crippen molar-refractivity contribution >= 4 is 17.3 Å². The highest BCUT2D eigenvalue weighted by Crippen LogP contribution is 2.30. The number of phenolic OH excluding ortho intramolecular Hbond substituents is 1. The second-order valence-electron chi connectivity index (χ2n) is 8.13. The van der Waals surface area contributed by atoms with E-state index in [9.17, 15) is 9.90 Å². The molecule has 3 aromatic carbocycles. The van der Waals surface area contributed by atoms with Crippen molar-refractivity contribution in [2.75, 3.05) is 36.4 Å². The van der Waals surface area contributed by atoms with Gasteiger partial charge in [-0.2, -0.15) is 0 Å². The summed E-state index contributed by atoms with van der Waals surface area (Å²) in [5, 5.41) is 13.4. The third-order valence-corrected chi connectivity index (χ3v) is 5.92. The molecule has 5 heteroatoms. The van der Waals surface area contributed by atoms with Gasteiger partial charge in [-0.3, -0.25) is 9.69 Å². The molecular weight excluding hydrogens is 386 g/mol. The smallest absolute Gasteiger partial charge is 0.246 e. The summed E-state index contributed by atoms with van der Waals surface area (Å²) in [6, 6.07) is 23.1. The van der Waals surface area contributed by atoms with Crippen LogP contribution in [0.1, 0.15) is 22.7 Å². The zero-order valence-corrected chi connectivity index (χ0v) is 18.1. The van der Waals surface area contributed by atoms with Gasteiger partial charge < -0.3 is 15.3 Å². The molecule has 5 nitrogen and oxygen atoms in total. The van der Waals surface area contributed by atoms with Crippen molar-refractivity contribution in [1.29, 1.82) is 0 Å². The molecule has 1 heterocycles. The Balaban J connectivity index is 1.54. The molecular formula is C26H29N3O2. The molecule has 1 aliphatic rings. The van der Waals surface area contributed by atoms with Crippen molar-refractivity contribution in [1.82, 2.24) is 4.90 Å². The third-order valence-electron chi connectivity index (χ3n) is 5.92. The predicted molar refractivity (Wildman–Crippen MR) is 126 cm³/mol. The van der Waals surface area contributed by atoms with E-state index in [0.717, 1.165) is 54.2 Å². The van der Waals surface area contributed by atoms with Crippen molar-refractivity contribution in [2.24, 2.45) is 0 Å². The first-order chi connectivity index (χ1) is 15.0. The van der Waals surface area contributed by atoms with Crippen LogP contribution in [0.2, 0.25) is 0 Å². The number of aryl methyl sites for hydroxylation is 2. The Morgan fingerprint density at radius 1 is 0.903 bits per heavy atom. The Kier molecular flexibility index (Phi) is 6.23. The standard InChI is InChI=1S/C26H29N3O2/c1-19-12-13-20(2)22(18-19)27-26(31)25(21-8-4-3-5-9-21)29-16-14-28(15-17-29)23-10-6-7-11-24(23)30/h3-13,18,25,30H,14-17H2,1-2H3,(H,27,31). The summed E-state index contributed by atoms with van der Waals surface area (Å²) < 4.78 is 0. The van der Waals surface area contributed by atoms with Crippen molar-refractivity contribution in [3.05, 3.63) is 89.5 Å². The molecule has 1 aliphatic heterocycles. The van der Waals surface area contributed by atoms with E-state index < -0.39 is 0 Å². The quantitative estimate of drug-likeness (QED) is 0.644. The summed E-state index contributed by atoms with van der Waals surface area (Å²) in [6.07, 6.45) is 0. The van der Waals surface area contributed by atoms with Crippen molar-refractivity contribution in [2.45, 2.75) is 19.9 Å². The number of rotatable bonds is 5. The minimum absolute atomic E-state index is 0.0177. The molecule has 1 atom stereocenters. The van der Waals surface area contributed by atoms with E-state index in [1.807, 2.05) is 74.5 Å². The summed E-state index contributed by atoms with van der Waals surface area (Å²) in [7, 11) is 0. The van der Waals surface area contributed by atoms with Crippen LogP contribution >= 0.6 is 0 Å². The van der Waals surface area contributed by atoms with Crippen LogP contribution < -0.4 is 10.2 Å². The SMILES string of the molecule is Cc1ccc(C)c(NC(=O)C(c2ccccc2)N2CCN(c3ccccc3O)CC2)c1. The Labute approximate surface area is 183 Å². The number of para-hydroxylation sites is 2. The van der Waals surface area contributed by atoms with Gasteiger partial charge in [0.2, 0.25) is 5.91 Å². The van der Waals surface area contributed by atoms with Crippen LogP contribution in [0.5, 0.6) is 5.75 Å². The van der Waals surface area contributed by atoms with Crippen LogP contribution in [0.25, 0.3) is 0 Å². The van der Waals surface area contributed by atoms with E-state index in [1.54, 1.807) is 6.07 Å². The Morgan fingerprint density at radius 2 is 1.58 bits per heavy atom. The molecule has 1 unspecified atom stereocenters. The number of hydrogen-bond acceptors (Lipinski definition) is 4. The highest BCUT2D eigenvalue weighted by Gasteiger charge is 2.31. The zero-order valence-electron chi connectivity index (χ0n) is 18.1. The van der Waals surface area contributed by atoms with Crippen LogP contribution in [0.15, 0.2) is 72.8 Å². The number of benzene rings is 3. The molecule has 0 aromatic heterocycles. The number of nitrogens with one attached hydrogen (secondary N) is 1. The maximum Gasteiger partial charge on any atom is 0.246 e. The Bertz CT molecular complexity index is 1040. The third kappa shape index (κ3) is 4.72. The molecule has 1 fully saturated rings. The number of aromatic hydroxyl groups is 1. The number of piperazine rings is 1. The summed E-state index contributed by atoms with van der Waals surface area (Å²) in [4.78, 5) is 17.9. The minimum Gasteiger partial charge on any atom is -0.506 e. The average molecular weight is 416 g/mol. The maximum atomic E-state index is 13.5. The fraction of sp³-hybridized carbons (Fsp3) is 0.269. The van der Waals surface area contributed by atoms with Gasteiger partial charge in [0.25, 0.3) is 0 Å². The van der Waals surface area contributed by atoms with E-state index in [0.29, 0.717) is 5.75 Å². The molecule has 4 rings (SSSR count). The second kappa shape index (κ2) is 9.23. The van der Waals surface area contributed by atoms with Gasteiger partial charge in [0, 0.05) is 31.9 Å². The van der Waals surface area contributed by atoms with Gasteiger partial charge in [-0.15, -0.1) is 0 Å². The van der Waals surface area contributed by atoms with Gasteiger partial charge >= 0.3 is 0 Å². The molecule has 160 valence electrons. The fourth-order valence-corrected chi connectivity index (χ4v) is 4.19. The summed E-state index contributed by atoms with van der Waals surface area (Å²) in [5.74, 6) is 0.277. The van der Waals surface area contributed by atoms with E-state index in [2.05, 4.69) is 21.2 Å². The van der Waals surface area contributed by atoms with Gasteiger partial charge in [0.1, 0.15) is 11.8 Å². The lowest BCUT2D eigenvalue weighted by Gasteiger charge is -2.40. The zero-order chi connectivity index (χ0) is 21.8. The number of hydrogen-bond donors (Lipinski definition) is 2. The molecule has 0 radical (unpaired) electrons. The molecule has 3 aromatic rings. The monoisotopic (exact) mass is 415 g/mol. The van der Waals surface area contributed by atoms with Crippen molar-refractivity contribution in [3.8, 4) is 5.75 Å². The van der Waals surface area contributed by atoms with Crippen molar-refractivity contribution in [3.63, 3.8) is 0 Å². The first-order valence-electron chi connectivity index (χ1n) is 10.7. The van der Waals surface area contributed by atoms with E-state index >= 15 is 0 Å². The predicted octanol–water partition coefficient (Wildman–Crippen LogP) is 4.51. The Hall–Kier alpha value is -3.31. The van der Waals surface area contributed by atoms with Crippen LogP contribution in [0.4, 0.5) is 11.4 Å². The molecule has 0 bridgehead atoms. The number of carbonyl (C=O) groups excluding carboxylic acids is 1. The highest BCUT2D eigenvalue weighted by molar-refractivity contribution is 5.96. The van der Waals surface area contributed by atoms with Gasteiger partial charge in [-0.25, -0.2) is 0 Å². The van der Waals surface area contributed by atoms with E-state index in [1.165, 1.54) is 0 Å². The first-order valence-corrected chi connectivity index (χ1v) is 10.7. The van der Waals surface area contributed by atoms with Crippen LogP contribution in [0, 0.1) is 13.8 Å².